The standard InChI is InChI=1S/C19H21Cl2O5P/c1-11(23-3)25-13-8-9-17(16(10-13)26-12(2)24-4)27-19(22)18-14(20)6-5-7-15(18)21/h5-12,27H,1-4H3. The highest BCUT2D eigenvalue weighted by molar-refractivity contribution is 7.66. The Kier molecular flexibility index (Phi) is 8.33. The molecule has 0 amide bonds. The molecule has 27 heavy (non-hydrogen) atoms. The third kappa shape index (κ3) is 6.06. The molecule has 0 aliphatic rings. The lowest BCUT2D eigenvalue weighted by molar-refractivity contribution is -0.0421. The molecule has 0 heterocycles. The maximum atomic E-state index is 12.8. The fourth-order valence-electron chi connectivity index (χ4n) is 2.14. The third-order valence-corrected chi connectivity index (χ3v) is 5.44. The molecule has 3 atom stereocenters. The van der Waals surface area contributed by atoms with Gasteiger partial charge in [0.1, 0.15) is 11.5 Å². The summed E-state index contributed by atoms with van der Waals surface area (Å²) in [6, 6.07) is 10.2. The quantitative estimate of drug-likeness (QED) is 0.419. The average molecular weight is 431 g/mol. The summed E-state index contributed by atoms with van der Waals surface area (Å²) in [6.45, 7) is 3.53. The topological polar surface area (TPSA) is 54.0 Å². The number of hydrogen-bond acceptors (Lipinski definition) is 5. The van der Waals surface area contributed by atoms with E-state index in [1.54, 1.807) is 57.4 Å². The Morgan fingerprint density at radius 1 is 0.963 bits per heavy atom. The molecule has 5 nitrogen and oxygen atoms in total. The summed E-state index contributed by atoms with van der Waals surface area (Å²) in [5.74, 6) is 1.04. The Labute approximate surface area is 170 Å². The second kappa shape index (κ2) is 10.3. The summed E-state index contributed by atoms with van der Waals surface area (Å²) in [6.07, 6.45) is -0.919. The molecule has 0 saturated heterocycles. The number of ether oxygens (including phenoxy) is 4. The van der Waals surface area contributed by atoms with E-state index >= 15 is 0 Å². The second-order valence-electron chi connectivity index (χ2n) is 5.55. The van der Waals surface area contributed by atoms with Crippen LogP contribution in [0.4, 0.5) is 0 Å². The van der Waals surface area contributed by atoms with Gasteiger partial charge in [-0.3, -0.25) is 4.79 Å². The van der Waals surface area contributed by atoms with Gasteiger partial charge in [0.25, 0.3) is 0 Å². The van der Waals surface area contributed by atoms with Crippen molar-refractivity contribution in [2.45, 2.75) is 26.4 Å². The molecule has 0 aliphatic carbocycles. The lowest BCUT2D eigenvalue weighted by Gasteiger charge is -2.19. The largest absolute Gasteiger partial charge is 0.465 e. The molecule has 2 rings (SSSR count). The van der Waals surface area contributed by atoms with E-state index in [0.29, 0.717) is 32.4 Å². The van der Waals surface area contributed by atoms with Crippen LogP contribution in [0.3, 0.4) is 0 Å². The number of rotatable bonds is 9. The smallest absolute Gasteiger partial charge is 0.196 e. The van der Waals surface area contributed by atoms with Gasteiger partial charge in [0.2, 0.25) is 0 Å². The SMILES string of the molecule is COC(C)Oc1ccc(PC(=O)c2c(Cl)cccc2Cl)c(OC(C)OC)c1. The van der Waals surface area contributed by atoms with Gasteiger partial charge in [-0.2, -0.15) is 0 Å². The minimum atomic E-state index is -0.498. The van der Waals surface area contributed by atoms with Gasteiger partial charge in [-0.1, -0.05) is 29.3 Å². The van der Waals surface area contributed by atoms with E-state index in [4.69, 9.17) is 42.1 Å². The number of hydrogen-bond donors (Lipinski definition) is 0. The Morgan fingerprint density at radius 2 is 1.56 bits per heavy atom. The van der Waals surface area contributed by atoms with Crippen LogP contribution in [0.2, 0.25) is 10.0 Å². The summed E-state index contributed by atoms with van der Waals surface area (Å²) in [7, 11) is 2.85. The number of benzene rings is 2. The zero-order chi connectivity index (χ0) is 20.0. The maximum absolute atomic E-state index is 12.8. The summed E-state index contributed by atoms with van der Waals surface area (Å²) in [5.41, 5.74) is 0.123. The molecule has 0 N–H and O–H groups in total. The molecule has 3 unspecified atom stereocenters. The van der Waals surface area contributed by atoms with E-state index < -0.39 is 12.6 Å². The molecule has 0 bridgehead atoms. The van der Waals surface area contributed by atoms with Crippen molar-refractivity contribution in [1.82, 2.24) is 0 Å². The van der Waals surface area contributed by atoms with Crippen LogP contribution in [-0.2, 0) is 9.47 Å². The van der Waals surface area contributed by atoms with Crippen LogP contribution in [0.1, 0.15) is 24.2 Å². The third-order valence-electron chi connectivity index (χ3n) is 3.65. The summed E-state index contributed by atoms with van der Waals surface area (Å²) < 4.78 is 21.7. The van der Waals surface area contributed by atoms with E-state index in [2.05, 4.69) is 0 Å². The fourth-order valence-corrected chi connectivity index (χ4v) is 3.93. The van der Waals surface area contributed by atoms with E-state index in [0.717, 1.165) is 0 Å². The Balaban J connectivity index is 2.32. The molecular formula is C19H21Cl2O5P. The van der Waals surface area contributed by atoms with Crippen molar-refractivity contribution >= 4 is 42.6 Å². The molecule has 2 aromatic rings. The first-order valence-corrected chi connectivity index (χ1v) is 9.89. The van der Waals surface area contributed by atoms with Gasteiger partial charge < -0.3 is 18.9 Å². The molecule has 0 aromatic heterocycles. The summed E-state index contributed by atoms with van der Waals surface area (Å²) >= 11 is 12.3. The van der Waals surface area contributed by atoms with Gasteiger partial charge in [-0.05, 0) is 46.7 Å². The van der Waals surface area contributed by atoms with Gasteiger partial charge in [0.05, 0.1) is 15.6 Å². The lowest BCUT2D eigenvalue weighted by atomic mass is 10.2. The van der Waals surface area contributed by atoms with Gasteiger partial charge in [0, 0.05) is 25.6 Å². The van der Waals surface area contributed by atoms with Crippen molar-refractivity contribution in [3.63, 3.8) is 0 Å². The molecule has 0 saturated carbocycles. The van der Waals surface area contributed by atoms with Crippen LogP contribution in [0.25, 0.3) is 0 Å². The van der Waals surface area contributed by atoms with Crippen LogP contribution in [0.15, 0.2) is 36.4 Å². The monoisotopic (exact) mass is 430 g/mol. The zero-order valence-corrected chi connectivity index (χ0v) is 17.9. The van der Waals surface area contributed by atoms with Crippen molar-refractivity contribution in [3.8, 4) is 11.5 Å². The summed E-state index contributed by atoms with van der Waals surface area (Å²) in [4.78, 5) is 12.8. The van der Waals surface area contributed by atoms with Crippen molar-refractivity contribution in [2.24, 2.45) is 0 Å². The molecule has 8 heteroatoms. The van der Waals surface area contributed by atoms with Crippen molar-refractivity contribution < 1.29 is 23.7 Å². The van der Waals surface area contributed by atoms with Crippen molar-refractivity contribution in [3.05, 3.63) is 52.0 Å². The van der Waals surface area contributed by atoms with E-state index in [-0.39, 0.29) is 14.1 Å². The number of methoxy groups -OCH3 is 2. The fraction of sp³-hybridized carbons (Fsp3) is 0.316. The van der Waals surface area contributed by atoms with E-state index in [1.165, 1.54) is 7.11 Å². The highest BCUT2D eigenvalue weighted by Gasteiger charge is 2.19. The predicted octanol–water partition coefficient (Wildman–Crippen LogP) is 4.88. The Bertz CT molecular complexity index is 779. The van der Waals surface area contributed by atoms with Gasteiger partial charge >= 0.3 is 0 Å². The average Bonchev–Trinajstić information content (AvgIpc) is 2.63. The lowest BCUT2D eigenvalue weighted by Crippen LogP contribution is -2.19. The summed E-state index contributed by atoms with van der Waals surface area (Å²) in [5, 5.41) is 1.33. The van der Waals surface area contributed by atoms with Gasteiger partial charge in [0.15, 0.2) is 18.1 Å². The Morgan fingerprint density at radius 3 is 2.15 bits per heavy atom. The molecule has 146 valence electrons. The highest BCUT2D eigenvalue weighted by Crippen LogP contribution is 2.33. The predicted molar refractivity (Wildman–Crippen MR) is 109 cm³/mol. The van der Waals surface area contributed by atoms with Crippen LogP contribution in [0.5, 0.6) is 11.5 Å². The molecule has 0 spiro atoms. The van der Waals surface area contributed by atoms with Crippen LogP contribution in [0, 0.1) is 0 Å². The van der Waals surface area contributed by atoms with Crippen molar-refractivity contribution in [1.29, 1.82) is 0 Å². The first-order chi connectivity index (χ1) is 12.8. The van der Waals surface area contributed by atoms with Crippen molar-refractivity contribution in [2.75, 3.05) is 14.2 Å². The zero-order valence-electron chi connectivity index (χ0n) is 15.4. The van der Waals surface area contributed by atoms with E-state index in [9.17, 15) is 4.79 Å². The normalized spacial score (nSPS) is 13.6. The molecular weight excluding hydrogens is 410 g/mol. The first kappa shape index (κ1) is 21.9. The number of halogens is 2. The van der Waals surface area contributed by atoms with Gasteiger partial charge in [-0.25, -0.2) is 0 Å². The molecule has 0 radical (unpaired) electrons. The number of carbonyl (C=O) groups is 1. The Hall–Kier alpha value is -1.36. The maximum Gasteiger partial charge on any atom is 0.196 e. The molecule has 2 aromatic carbocycles. The number of carbonyl (C=O) groups excluding carboxylic acids is 1. The van der Waals surface area contributed by atoms with Crippen LogP contribution >= 0.6 is 31.8 Å². The van der Waals surface area contributed by atoms with Crippen LogP contribution in [-0.4, -0.2) is 32.3 Å². The van der Waals surface area contributed by atoms with E-state index in [1.807, 2.05) is 0 Å². The molecule has 0 aliphatic heterocycles. The second-order valence-corrected chi connectivity index (χ2v) is 7.61. The minimum absolute atomic E-state index is 0.181. The molecule has 0 fully saturated rings. The van der Waals surface area contributed by atoms with Crippen LogP contribution < -0.4 is 14.8 Å². The minimum Gasteiger partial charge on any atom is -0.465 e. The highest BCUT2D eigenvalue weighted by atomic mass is 35.5. The first-order valence-electron chi connectivity index (χ1n) is 8.14. The van der Waals surface area contributed by atoms with Gasteiger partial charge in [-0.15, -0.1) is 0 Å².